The van der Waals surface area contributed by atoms with Gasteiger partial charge in [-0.15, -0.1) is 11.3 Å². The Balaban J connectivity index is 2.23. The van der Waals surface area contributed by atoms with E-state index in [9.17, 15) is 15.2 Å². The van der Waals surface area contributed by atoms with Crippen LogP contribution < -0.4 is 4.90 Å². The van der Waals surface area contributed by atoms with E-state index in [1.165, 1.54) is 17.4 Å². The van der Waals surface area contributed by atoms with Crippen LogP contribution in [0.15, 0.2) is 6.07 Å². The zero-order chi connectivity index (χ0) is 14.9. The van der Waals surface area contributed by atoms with E-state index in [1.54, 1.807) is 6.92 Å². The van der Waals surface area contributed by atoms with Crippen molar-refractivity contribution in [2.24, 2.45) is 5.41 Å². The summed E-state index contributed by atoms with van der Waals surface area (Å²) in [5.74, 6) is 0. The van der Waals surface area contributed by atoms with Crippen LogP contribution in [-0.4, -0.2) is 23.1 Å². The van der Waals surface area contributed by atoms with Crippen molar-refractivity contribution in [3.8, 4) is 0 Å². The number of nitro groups is 1. The molecule has 0 bridgehead atoms. The van der Waals surface area contributed by atoms with Crippen LogP contribution in [0.2, 0.25) is 0 Å². The molecule has 1 saturated heterocycles. The molecule has 1 aromatic rings. The molecule has 1 fully saturated rings. The maximum atomic E-state index is 11.2. The molecular weight excluding hydrogens is 276 g/mol. The van der Waals surface area contributed by atoms with Crippen molar-refractivity contribution < 1.29 is 10.0 Å². The minimum atomic E-state index is -0.654. The molecule has 2 rings (SSSR count). The first-order valence-corrected chi connectivity index (χ1v) is 7.89. The third-order valence-electron chi connectivity index (χ3n) is 4.43. The smallest absolute Gasteiger partial charge is 0.304 e. The van der Waals surface area contributed by atoms with Crippen LogP contribution >= 0.6 is 11.3 Å². The Morgan fingerprint density at radius 2 is 2.15 bits per heavy atom. The third kappa shape index (κ3) is 2.96. The molecule has 1 atom stereocenters. The molecule has 1 aliphatic rings. The molecule has 1 unspecified atom stereocenters. The Morgan fingerprint density at radius 3 is 2.60 bits per heavy atom. The maximum absolute atomic E-state index is 11.2. The van der Waals surface area contributed by atoms with Gasteiger partial charge in [-0.2, -0.15) is 0 Å². The van der Waals surface area contributed by atoms with E-state index < -0.39 is 6.10 Å². The highest BCUT2D eigenvalue weighted by Crippen LogP contribution is 2.43. The fourth-order valence-electron chi connectivity index (χ4n) is 2.56. The predicted molar refractivity (Wildman–Crippen MR) is 81.5 cm³/mol. The van der Waals surface area contributed by atoms with Crippen molar-refractivity contribution in [2.75, 3.05) is 18.0 Å². The summed E-state index contributed by atoms with van der Waals surface area (Å²) >= 11 is 1.34. The molecule has 0 saturated carbocycles. The highest BCUT2D eigenvalue weighted by atomic mass is 32.1. The molecule has 0 radical (unpaired) electrons. The van der Waals surface area contributed by atoms with Crippen molar-refractivity contribution in [3.63, 3.8) is 0 Å². The van der Waals surface area contributed by atoms with Crippen LogP contribution in [0.3, 0.4) is 0 Å². The first-order chi connectivity index (χ1) is 9.36. The first-order valence-electron chi connectivity index (χ1n) is 7.07. The molecule has 2 heterocycles. The maximum Gasteiger partial charge on any atom is 0.304 e. The van der Waals surface area contributed by atoms with Gasteiger partial charge < -0.3 is 10.0 Å². The van der Waals surface area contributed by atoms with Gasteiger partial charge in [0.15, 0.2) is 5.00 Å². The minimum absolute atomic E-state index is 0.131. The molecule has 1 aromatic heterocycles. The van der Waals surface area contributed by atoms with E-state index in [1.807, 2.05) is 0 Å². The number of nitrogens with zero attached hydrogens (tertiary/aromatic N) is 2. The minimum Gasteiger partial charge on any atom is -0.388 e. The highest BCUT2D eigenvalue weighted by molar-refractivity contribution is 7.16. The van der Waals surface area contributed by atoms with E-state index in [0.29, 0.717) is 15.3 Å². The second-order valence-corrected chi connectivity index (χ2v) is 6.99. The topological polar surface area (TPSA) is 66.6 Å². The average molecular weight is 298 g/mol. The zero-order valence-electron chi connectivity index (χ0n) is 12.3. The van der Waals surface area contributed by atoms with Crippen molar-refractivity contribution in [2.45, 2.75) is 46.1 Å². The van der Waals surface area contributed by atoms with Gasteiger partial charge in [-0.25, -0.2) is 0 Å². The van der Waals surface area contributed by atoms with Gasteiger partial charge in [0.1, 0.15) is 0 Å². The molecule has 112 valence electrons. The molecule has 20 heavy (non-hydrogen) atoms. The Hall–Kier alpha value is -1.14. The van der Waals surface area contributed by atoms with Gasteiger partial charge in [-0.05, 0) is 25.2 Å². The largest absolute Gasteiger partial charge is 0.388 e. The lowest BCUT2D eigenvalue weighted by Crippen LogP contribution is -2.38. The zero-order valence-corrected chi connectivity index (χ0v) is 13.1. The number of piperidine rings is 1. The van der Waals surface area contributed by atoms with Gasteiger partial charge in [0.05, 0.1) is 11.0 Å². The van der Waals surface area contributed by atoms with Crippen LogP contribution in [0.1, 0.15) is 51.0 Å². The predicted octanol–water partition coefficient (Wildman–Crippen LogP) is 3.73. The molecule has 1 N–H and O–H groups in total. The summed E-state index contributed by atoms with van der Waals surface area (Å²) in [5.41, 5.74) is 0.487. The van der Waals surface area contributed by atoms with Gasteiger partial charge in [-0.3, -0.25) is 10.1 Å². The van der Waals surface area contributed by atoms with Gasteiger partial charge >= 0.3 is 5.69 Å². The molecule has 0 spiro atoms. The molecule has 5 nitrogen and oxygen atoms in total. The van der Waals surface area contributed by atoms with Crippen LogP contribution in [0.5, 0.6) is 0 Å². The molecule has 0 aliphatic carbocycles. The summed E-state index contributed by atoms with van der Waals surface area (Å²) in [4.78, 5) is 13.6. The number of hydrogen-bond acceptors (Lipinski definition) is 5. The summed E-state index contributed by atoms with van der Waals surface area (Å²) in [6.45, 7) is 7.84. The normalized spacial score (nSPS) is 19.9. The second kappa shape index (κ2) is 5.69. The van der Waals surface area contributed by atoms with Crippen LogP contribution in [-0.2, 0) is 0 Å². The Bertz CT molecular complexity index is 491. The highest BCUT2D eigenvalue weighted by Gasteiger charge is 2.32. The Kier molecular flexibility index (Phi) is 4.34. The average Bonchev–Trinajstić information content (AvgIpc) is 2.85. The van der Waals surface area contributed by atoms with Gasteiger partial charge in [0, 0.05) is 24.0 Å². The van der Waals surface area contributed by atoms with E-state index >= 15 is 0 Å². The number of aliphatic hydroxyl groups is 1. The molecule has 0 aromatic carbocycles. The van der Waals surface area contributed by atoms with E-state index in [0.717, 1.165) is 32.4 Å². The number of aliphatic hydroxyl groups excluding tert-OH is 1. The van der Waals surface area contributed by atoms with Crippen molar-refractivity contribution >= 4 is 22.0 Å². The molecule has 6 heteroatoms. The van der Waals surface area contributed by atoms with E-state index in [2.05, 4.69) is 18.7 Å². The fourth-order valence-corrected chi connectivity index (χ4v) is 3.67. The van der Waals surface area contributed by atoms with Crippen LogP contribution in [0, 0.1) is 15.5 Å². The van der Waals surface area contributed by atoms with Crippen LogP contribution in [0.25, 0.3) is 0 Å². The lowest BCUT2D eigenvalue weighted by molar-refractivity contribution is -0.383. The molecule has 0 amide bonds. The molecular formula is C14H22N2O3S. The fraction of sp³-hybridized carbons (Fsp3) is 0.714. The number of thiophene rings is 1. The number of anilines is 1. The number of hydrogen-bond donors (Lipinski definition) is 1. The molecule has 1 aliphatic heterocycles. The summed E-state index contributed by atoms with van der Waals surface area (Å²) < 4.78 is 0. The van der Waals surface area contributed by atoms with Gasteiger partial charge in [-0.1, -0.05) is 20.3 Å². The lowest BCUT2D eigenvalue weighted by Gasteiger charge is -2.39. The first kappa shape index (κ1) is 15.3. The Morgan fingerprint density at radius 1 is 1.55 bits per heavy atom. The van der Waals surface area contributed by atoms with Gasteiger partial charge in [0.2, 0.25) is 0 Å². The van der Waals surface area contributed by atoms with Crippen molar-refractivity contribution in [1.29, 1.82) is 0 Å². The lowest BCUT2D eigenvalue weighted by atomic mass is 9.78. The van der Waals surface area contributed by atoms with E-state index in [4.69, 9.17) is 0 Å². The summed E-state index contributed by atoms with van der Waals surface area (Å²) in [6.07, 6.45) is 2.61. The van der Waals surface area contributed by atoms with Gasteiger partial charge in [0.25, 0.3) is 0 Å². The summed E-state index contributed by atoms with van der Waals surface area (Å²) in [6, 6.07) is 1.51. The second-order valence-electron chi connectivity index (χ2n) is 5.92. The van der Waals surface area contributed by atoms with Crippen LogP contribution in [0.4, 0.5) is 10.7 Å². The third-order valence-corrected chi connectivity index (χ3v) is 5.79. The van der Waals surface area contributed by atoms with E-state index in [-0.39, 0.29) is 10.6 Å². The Labute approximate surface area is 123 Å². The SMILES string of the molecule is CCC1(C)CCN(c2sc(C(C)O)cc2[N+](=O)[O-])CC1. The standard InChI is InChI=1S/C14H22N2O3S/c1-4-14(3)5-7-15(8-6-14)13-11(16(18)19)9-12(20-13)10(2)17/h9-10,17H,4-8H2,1-3H3. The van der Waals surface area contributed by atoms with Crippen molar-refractivity contribution in [1.82, 2.24) is 0 Å². The quantitative estimate of drug-likeness (QED) is 0.679. The number of rotatable bonds is 4. The summed E-state index contributed by atoms with van der Waals surface area (Å²) in [7, 11) is 0. The monoisotopic (exact) mass is 298 g/mol. The summed E-state index contributed by atoms with van der Waals surface area (Å²) in [5, 5.41) is 21.5. The van der Waals surface area contributed by atoms with Crippen molar-refractivity contribution in [3.05, 3.63) is 21.1 Å².